The Bertz CT molecular complexity index is 779. The molecule has 1 aromatic carbocycles. The zero-order valence-electron chi connectivity index (χ0n) is 12.5. The molecule has 0 saturated carbocycles. The van der Waals surface area contributed by atoms with Crippen LogP contribution in [-0.2, 0) is 5.92 Å². The summed E-state index contributed by atoms with van der Waals surface area (Å²) in [6.45, 7) is 3.07. The van der Waals surface area contributed by atoms with Gasteiger partial charge in [-0.05, 0) is 12.1 Å². The normalized spacial score (nSPS) is 22.8. The minimum Gasteiger partial charge on any atom is -0.419 e. The van der Waals surface area contributed by atoms with Gasteiger partial charge in [-0.2, -0.15) is 8.78 Å². The first kappa shape index (κ1) is 16.2. The quantitative estimate of drug-likeness (QED) is 0.864. The van der Waals surface area contributed by atoms with Crippen molar-refractivity contribution in [1.29, 1.82) is 0 Å². The van der Waals surface area contributed by atoms with Crippen LogP contribution in [0.15, 0.2) is 22.6 Å². The molecule has 0 aliphatic carbocycles. The lowest BCUT2D eigenvalue weighted by Gasteiger charge is -2.42. The SMILES string of the molecule is FC(F)(c1ccc(Cl)c(Cl)c1)c1nnc(C2CNCC23CNC3)o1. The van der Waals surface area contributed by atoms with E-state index in [9.17, 15) is 8.78 Å². The van der Waals surface area contributed by atoms with Gasteiger partial charge in [0, 0.05) is 37.2 Å². The number of hydrogen-bond donors (Lipinski definition) is 2. The monoisotopic (exact) mass is 374 g/mol. The molecule has 1 spiro atoms. The Morgan fingerprint density at radius 3 is 2.54 bits per heavy atom. The van der Waals surface area contributed by atoms with Crippen molar-refractivity contribution in [2.24, 2.45) is 5.41 Å². The van der Waals surface area contributed by atoms with E-state index in [0.717, 1.165) is 25.7 Å². The summed E-state index contributed by atoms with van der Waals surface area (Å²) in [5.74, 6) is -3.98. The molecule has 2 fully saturated rings. The third kappa shape index (κ3) is 2.42. The van der Waals surface area contributed by atoms with Crippen molar-refractivity contribution in [3.8, 4) is 0 Å². The molecule has 1 unspecified atom stereocenters. The van der Waals surface area contributed by atoms with Crippen molar-refractivity contribution in [2.45, 2.75) is 11.8 Å². The van der Waals surface area contributed by atoms with E-state index in [-0.39, 0.29) is 32.8 Å². The number of nitrogens with one attached hydrogen (secondary N) is 2. The van der Waals surface area contributed by atoms with Crippen molar-refractivity contribution in [3.05, 3.63) is 45.6 Å². The average molecular weight is 375 g/mol. The first-order valence-electron chi connectivity index (χ1n) is 7.51. The number of benzene rings is 1. The van der Waals surface area contributed by atoms with Gasteiger partial charge in [-0.15, -0.1) is 10.2 Å². The number of aromatic nitrogens is 2. The van der Waals surface area contributed by atoms with Gasteiger partial charge >= 0.3 is 5.92 Å². The minimum absolute atomic E-state index is 0.0251. The molecule has 4 rings (SSSR count). The maximum atomic E-state index is 14.7. The molecule has 24 heavy (non-hydrogen) atoms. The van der Waals surface area contributed by atoms with Crippen LogP contribution in [0.25, 0.3) is 0 Å². The van der Waals surface area contributed by atoms with E-state index in [4.69, 9.17) is 27.6 Å². The van der Waals surface area contributed by atoms with Crippen molar-refractivity contribution >= 4 is 23.2 Å². The zero-order valence-corrected chi connectivity index (χ0v) is 14.0. The van der Waals surface area contributed by atoms with Crippen molar-refractivity contribution in [1.82, 2.24) is 20.8 Å². The molecule has 3 heterocycles. The lowest BCUT2D eigenvalue weighted by molar-refractivity contribution is 0.0106. The largest absolute Gasteiger partial charge is 0.419 e. The number of nitrogens with zero attached hydrogens (tertiary/aromatic N) is 2. The van der Waals surface area contributed by atoms with E-state index in [1.54, 1.807) is 0 Å². The first-order valence-corrected chi connectivity index (χ1v) is 8.27. The number of alkyl halides is 2. The minimum atomic E-state index is -3.43. The third-order valence-electron chi connectivity index (χ3n) is 4.81. The smallest absolute Gasteiger partial charge is 0.349 e. The second kappa shape index (κ2) is 5.62. The predicted molar refractivity (Wildman–Crippen MR) is 84.7 cm³/mol. The second-order valence-electron chi connectivity index (χ2n) is 6.30. The molecule has 0 bridgehead atoms. The molecule has 128 valence electrons. The van der Waals surface area contributed by atoms with Crippen LogP contribution < -0.4 is 10.6 Å². The number of halogens is 4. The molecule has 2 aromatic rings. The molecule has 0 radical (unpaired) electrons. The van der Waals surface area contributed by atoms with Gasteiger partial charge in [0.15, 0.2) is 0 Å². The van der Waals surface area contributed by atoms with Gasteiger partial charge in [0.1, 0.15) is 0 Å². The molecule has 2 aliphatic rings. The highest BCUT2D eigenvalue weighted by Gasteiger charge is 2.51. The van der Waals surface area contributed by atoms with Crippen molar-refractivity contribution < 1.29 is 13.2 Å². The van der Waals surface area contributed by atoms with Crippen LogP contribution in [0.5, 0.6) is 0 Å². The van der Waals surface area contributed by atoms with E-state index in [1.165, 1.54) is 12.1 Å². The summed E-state index contributed by atoms with van der Waals surface area (Å²) < 4.78 is 34.7. The molecule has 9 heteroatoms. The number of rotatable bonds is 3. The Morgan fingerprint density at radius 2 is 1.88 bits per heavy atom. The highest BCUT2D eigenvalue weighted by Crippen LogP contribution is 2.43. The van der Waals surface area contributed by atoms with Crippen LogP contribution in [0.2, 0.25) is 10.0 Å². The summed E-state index contributed by atoms with van der Waals surface area (Å²) in [6, 6.07) is 3.63. The number of hydrogen-bond acceptors (Lipinski definition) is 5. The standard InChI is InChI=1S/C15H14Cl2F2N4O/c16-10-2-1-8(3-11(10)17)15(18,19)13-23-22-12(24-13)9-4-20-5-14(9)6-21-7-14/h1-3,9,20-21H,4-7H2. The Hall–Kier alpha value is -1.28. The maximum absolute atomic E-state index is 14.7. The molecule has 2 saturated heterocycles. The summed E-state index contributed by atoms with van der Waals surface area (Å²) >= 11 is 11.6. The molecule has 5 nitrogen and oxygen atoms in total. The maximum Gasteiger partial charge on any atom is 0.349 e. The van der Waals surface area contributed by atoms with Crippen molar-refractivity contribution in [2.75, 3.05) is 26.2 Å². The fraction of sp³-hybridized carbons (Fsp3) is 0.467. The van der Waals surface area contributed by atoms with E-state index in [2.05, 4.69) is 20.8 Å². The summed E-state index contributed by atoms with van der Waals surface area (Å²) in [4.78, 5) is 0. The fourth-order valence-electron chi connectivity index (χ4n) is 3.29. The lowest BCUT2D eigenvalue weighted by atomic mass is 9.73. The second-order valence-corrected chi connectivity index (χ2v) is 7.11. The Balaban J connectivity index is 1.65. The van der Waals surface area contributed by atoms with E-state index >= 15 is 0 Å². The van der Waals surface area contributed by atoms with Crippen LogP contribution in [-0.4, -0.2) is 36.4 Å². The Kier molecular flexibility index (Phi) is 3.80. The molecular formula is C15H14Cl2F2N4O. The highest BCUT2D eigenvalue weighted by atomic mass is 35.5. The van der Waals surface area contributed by atoms with Crippen LogP contribution >= 0.6 is 23.2 Å². The van der Waals surface area contributed by atoms with Gasteiger partial charge in [0.2, 0.25) is 5.89 Å². The third-order valence-corrected chi connectivity index (χ3v) is 5.55. The van der Waals surface area contributed by atoms with Gasteiger partial charge in [-0.25, -0.2) is 0 Å². The summed E-state index contributed by atoms with van der Waals surface area (Å²) in [6.07, 6.45) is 0. The molecule has 0 amide bonds. The average Bonchev–Trinajstić information content (AvgIpc) is 3.15. The van der Waals surface area contributed by atoms with Crippen LogP contribution in [0, 0.1) is 5.41 Å². The van der Waals surface area contributed by atoms with Gasteiger partial charge < -0.3 is 15.1 Å². The van der Waals surface area contributed by atoms with Crippen molar-refractivity contribution in [3.63, 3.8) is 0 Å². The summed E-state index contributed by atoms with van der Waals surface area (Å²) in [7, 11) is 0. The van der Waals surface area contributed by atoms with Crippen LogP contribution in [0.3, 0.4) is 0 Å². The Morgan fingerprint density at radius 1 is 1.12 bits per heavy atom. The van der Waals surface area contributed by atoms with E-state index in [1.807, 2.05) is 0 Å². The lowest BCUT2D eigenvalue weighted by Crippen LogP contribution is -2.57. The fourth-order valence-corrected chi connectivity index (χ4v) is 3.59. The van der Waals surface area contributed by atoms with Gasteiger partial charge in [0.05, 0.1) is 16.0 Å². The molecule has 1 aromatic heterocycles. The topological polar surface area (TPSA) is 63.0 Å². The predicted octanol–water partition coefficient (Wildman–Crippen LogP) is 2.79. The highest BCUT2D eigenvalue weighted by molar-refractivity contribution is 6.42. The van der Waals surface area contributed by atoms with Gasteiger partial charge in [0.25, 0.3) is 5.89 Å². The Labute approximate surface area is 146 Å². The molecule has 2 N–H and O–H groups in total. The van der Waals surface area contributed by atoms with Gasteiger partial charge in [-0.3, -0.25) is 0 Å². The summed E-state index contributed by atoms with van der Waals surface area (Å²) in [5.41, 5.74) is -0.362. The molecule has 1 atom stereocenters. The summed E-state index contributed by atoms with van der Waals surface area (Å²) in [5, 5.41) is 14.2. The molecular weight excluding hydrogens is 361 g/mol. The van der Waals surface area contributed by atoms with E-state index in [0.29, 0.717) is 6.54 Å². The van der Waals surface area contributed by atoms with Crippen LogP contribution in [0.1, 0.15) is 23.3 Å². The van der Waals surface area contributed by atoms with E-state index < -0.39 is 11.8 Å². The first-order chi connectivity index (χ1) is 11.4. The van der Waals surface area contributed by atoms with Crippen LogP contribution in [0.4, 0.5) is 8.78 Å². The van der Waals surface area contributed by atoms with Gasteiger partial charge in [-0.1, -0.05) is 29.3 Å². The molecule has 2 aliphatic heterocycles. The zero-order chi connectivity index (χ0) is 16.9.